The van der Waals surface area contributed by atoms with Crippen LogP contribution in [0, 0.1) is 0 Å². The Labute approximate surface area is 97.0 Å². The van der Waals surface area contributed by atoms with Gasteiger partial charge in [-0.25, -0.2) is 10.2 Å². The number of urea groups is 1. The van der Waals surface area contributed by atoms with Crippen LogP contribution in [0.5, 0.6) is 0 Å². The van der Waals surface area contributed by atoms with E-state index in [9.17, 15) is 4.79 Å². The standard InChI is InChI=1S/C9H9Cl2N3O/c10-7-2-1-3-8(11)6(7)4-5-13-14-9(12)15/h1-3,5H,4H2,(H3,12,14,15). The average Bonchev–Trinajstić information content (AvgIpc) is 2.15. The van der Waals surface area contributed by atoms with Crippen LogP contribution in [-0.4, -0.2) is 12.2 Å². The first-order valence-electron chi connectivity index (χ1n) is 4.11. The van der Waals surface area contributed by atoms with Gasteiger partial charge in [-0.05, 0) is 17.7 Å². The second-order valence-corrected chi connectivity index (χ2v) is 3.51. The molecule has 0 spiro atoms. The molecule has 0 atom stereocenters. The van der Waals surface area contributed by atoms with E-state index in [1.807, 2.05) is 0 Å². The predicted molar refractivity (Wildman–Crippen MR) is 61.4 cm³/mol. The molecule has 80 valence electrons. The molecule has 6 heteroatoms. The van der Waals surface area contributed by atoms with Crippen LogP contribution in [-0.2, 0) is 6.42 Å². The Morgan fingerprint density at radius 2 is 2.07 bits per heavy atom. The molecule has 2 amide bonds. The first-order valence-corrected chi connectivity index (χ1v) is 4.86. The van der Waals surface area contributed by atoms with Gasteiger partial charge in [0, 0.05) is 22.7 Å². The van der Waals surface area contributed by atoms with E-state index < -0.39 is 6.03 Å². The number of carbonyl (C=O) groups is 1. The van der Waals surface area contributed by atoms with E-state index in [4.69, 9.17) is 28.9 Å². The number of hydrazone groups is 1. The molecular formula is C9H9Cl2N3O. The minimum absolute atomic E-state index is 0.429. The highest BCUT2D eigenvalue weighted by Gasteiger charge is 2.02. The Kier molecular flexibility index (Phi) is 4.39. The van der Waals surface area contributed by atoms with Crippen molar-refractivity contribution in [3.8, 4) is 0 Å². The average molecular weight is 246 g/mol. The van der Waals surface area contributed by atoms with Crippen LogP contribution in [0.25, 0.3) is 0 Å². The monoisotopic (exact) mass is 245 g/mol. The van der Waals surface area contributed by atoms with Crippen molar-refractivity contribution in [2.45, 2.75) is 6.42 Å². The van der Waals surface area contributed by atoms with Gasteiger partial charge in [0.1, 0.15) is 0 Å². The molecule has 0 aliphatic rings. The maximum absolute atomic E-state index is 10.3. The number of primary amides is 1. The SMILES string of the molecule is NC(=O)NN=CCc1c(Cl)cccc1Cl. The maximum Gasteiger partial charge on any atom is 0.332 e. The smallest absolute Gasteiger partial charge is 0.332 e. The fourth-order valence-corrected chi connectivity index (χ4v) is 1.53. The highest BCUT2D eigenvalue weighted by atomic mass is 35.5. The molecule has 15 heavy (non-hydrogen) atoms. The molecule has 1 aromatic rings. The molecule has 0 aliphatic heterocycles. The van der Waals surface area contributed by atoms with Crippen molar-refractivity contribution in [1.29, 1.82) is 0 Å². The van der Waals surface area contributed by atoms with Crippen LogP contribution in [0.2, 0.25) is 10.0 Å². The highest BCUT2D eigenvalue weighted by molar-refractivity contribution is 6.36. The third-order valence-corrected chi connectivity index (χ3v) is 2.33. The van der Waals surface area contributed by atoms with Crippen LogP contribution >= 0.6 is 23.2 Å². The van der Waals surface area contributed by atoms with Crippen molar-refractivity contribution in [2.75, 3.05) is 0 Å². The Morgan fingerprint density at radius 1 is 1.47 bits per heavy atom. The first-order chi connectivity index (χ1) is 7.11. The molecule has 0 unspecified atom stereocenters. The molecule has 0 saturated heterocycles. The van der Waals surface area contributed by atoms with Crippen molar-refractivity contribution in [2.24, 2.45) is 10.8 Å². The van der Waals surface area contributed by atoms with Gasteiger partial charge in [-0.1, -0.05) is 29.3 Å². The topological polar surface area (TPSA) is 67.5 Å². The van der Waals surface area contributed by atoms with Gasteiger partial charge in [-0.2, -0.15) is 5.10 Å². The molecule has 0 bridgehead atoms. The number of halogens is 2. The summed E-state index contributed by atoms with van der Waals surface area (Å²) in [5.74, 6) is 0. The molecule has 0 aromatic heterocycles. The lowest BCUT2D eigenvalue weighted by molar-refractivity contribution is 0.249. The Balaban J connectivity index is 2.65. The van der Waals surface area contributed by atoms with Crippen LogP contribution in [0.1, 0.15) is 5.56 Å². The summed E-state index contributed by atoms with van der Waals surface area (Å²) in [5.41, 5.74) is 7.65. The summed E-state index contributed by atoms with van der Waals surface area (Å²) in [7, 11) is 0. The first kappa shape index (κ1) is 11.8. The highest BCUT2D eigenvalue weighted by Crippen LogP contribution is 2.23. The van der Waals surface area contributed by atoms with Gasteiger partial charge in [-0.15, -0.1) is 0 Å². The van der Waals surface area contributed by atoms with Crippen molar-refractivity contribution < 1.29 is 4.79 Å². The van der Waals surface area contributed by atoms with Crippen LogP contribution in [0.15, 0.2) is 23.3 Å². The Morgan fingerprint density at radius 3 is 2.60 bits per heavy atom. The quantitative estimate of drug-likeness (QED) is 0.623. The van der Waals surface area contributed by atoms with E-state index in [0.29, 0.717) is 16.5 Å². The second-order valence-electron chi connectivity index (χ2n) is 2.69. The number of rotatable bonds is 3. The zero-order valence-electron chi connectivity index (χ0n) is 7.71. The predicted octanol–water partition coefficient (Wildman–Crippen LogP) is 2.19. The number of hydrogen-bond acceptors (Lipinski definition) is 2. The molecule has 0 radical (unpaired) electrons. The van der Waals surface area contributed by atoms with Gasteiger partial charge in [0.15, 0.2) is 0 Å². The number of carbonyl (C=O) groups excluding carboxylic acids is 1. The fraction of sp³-hybridized carbons (Fsp3) is 0.111. The molecule has 0 heterocycles. The fourth-order valence-electron chi connectivity index (χ4n) is 0.974. The number of benzene rings is 1. The third-order valence-electron chi connectivity index (χ3n) is 1.62. The molecular weight excluding hydrogens is 237 g/mol. The Hall–Kier alpha value is -1.26. The van der Waals surface area contributed by atoms with Gasteiger partial charge >= 0.3 is 6.03 Å². The van der Waals surface area contributed by atoms with Crippen molar-refractivity contribution >= 4 is 35.4 Å². The van der Waals surface area contributed by atoms with Gasteiger partial charge in [0.2, 0.25) is 0 Å². The zero-order valence-corrected chi connectivity index (χ0v) is 9.22. The van der Waals surface area contributed by atoms with Gasteiger partial charge in [0.05, 0.1) is 0 Å². The normalized spacial score (nSPS) is 10.5. The van der Waals surface area contributed by atoms with E-state index in [1.165, 1.54) is 6.21 Å². The lowest BCUT2D eigenvalue weighted by Crippen LogP contribution is -2.24. The third kappa shape index (κ3) is 3.77. The van der Waals surface area contributed by atoms with Gasteiger partial charge in [0.25, 0.3) is 0 Å². The van der Waals surface area contributed by atoms with Gasteiger partial charge in [-0.3, -0.25) is 0 Å². The number of amides is 2. The number of nitrogens with two attached hydrogens (primary N) is 1. The van der Waals surface area contributed by atoms with Gasteiger partial charge < -0.3 is 5.73 Å². The van der Waals surface area contributed by atoms with Crippen molar-refractivity contribution in [3.05, 3.63) is 33.8 Å². The van der Waals surface area contributed by atoms with E-state index >= 15 is 0 Å². The van der Waals surface area contributed by atoms with Crippen LogP contribution < -0.4 is 11.2 Å². The molecule has 1 aromatic carbocycles. The minimum Gasteiger partial charge on any atom is -0.350 e. The number of hydrogen-bond donors (Lipinski definition) is 2. The molecule has 0 fully saturated rings. The molecule has 1 rings (SSSR count). The van der Waals surface area contributed by atoms with Crippen molar-refractivity contribution in [3.63, 3.8) is 0 Å². The number of nitrogens with one attached hydrogen (secondary N) is 1. The lowest BCUT2D eigenvalue weighted by Gasteiger charge is -2.02. The summed E-state index contributed by atoms with van der Waals surface area (Å²) in [6.07, 6.45) is 1.90. The van der Waals surface area contributed by atoms with E-state index in [1.54, 1.807) is 18.2 Å². The van der Waals surface area contributed by atoms with Crippen LogP contribution in [0.3, 0.4) is 0 Å². The second kappa shape index (κ2) is 5.58. The van der Waals surface area contributed by atoms with E-state index in [0.717, 1.165) is 5.56 Å². The zero-order chi connectivity index (χ0) is 11.3. The summed E-state index contributed by atoms with van der Waals surface area (Å²) in [6.45, 7) is 0. The minimum atomic E-state index is -0.712. The summed E-state index contributed by atoms with van der Waals surface area (Å²) in [6, 6.07) is 4.51. The lowest BCUT2D eigenvalue weighted by atomic mass is 10.2. The summed E-state index contributed by atoms with van der Waals surface area (Å²) in [5, 5.41) is 4.71. The largest absolute Gasteiger partial charge is 0.350 e. The summed E-state index contributed by atoms with van der Waals surface area (Å²) < 4.78 is 0. The molecule has 0 aliphatic carbocycles. The van der Waals surface area contributed by atoms with Crippen LogP contribution in [0.4, 0.5) is 4.79 Å². The summed E-state index contributed by atoms with van der Waals surface area (Å²) in [4.78, 5) is 10.3. The molecule has 4 nitrogen and oxygen atoms in total. The molecule has 3 N–H and O–H groups in total. The van der Waals surface area contributed by atoms with E-state index in [-0.39, 0.29) is 0 Å². The summed E-state index contributed by atoms with van der Waals surface area (Å²) >= 11 is 11.8. The maximum atomic E-state index is 10.3. The molecule has 0 saturated carbocycles. The Bertz CT molecular complexity index is 373. The van der Waals surface area contributed by atoms with Crippen molar-refractivity contribution in [1.82, 2.24) is 5.43 Å². The number of nitrogens with zero attached hydrogens (tertiary/aromatic N) is 1. The van der Waals surface area contributed by atoms with E-state index in [2.05, 4.69) is 10.5 Å².